The number of hydrogen-bond acceptors (Lipinski definition) is 5. The molecule has 4 rings (SSSR count). The SMILES string of the molecule is Cc1cc(S(=O)(=O)Nc2ccc(-c3ccc4nnc(C)n4n3)cc2)c(C)cc1Cl. The molecule has 2 aromatic carbocycles. The summed E-state index contributed by atoms with van der Waals surface area (Å²) < 4.78 is 29.9. The van der Waals surface area contributed by atoms with Crippen LogP contribution in [0.25, 0.3) is 16.9 Å². The van der Waals surface area contributed by atoms with Crippen LogP contribution < -0.4 is 4.72 Å². The Morgan fingerprint density at radius 3 is 2.38 bits per heavy atom. The Morgan fingerprint density at radius 1 is 0.931 bits per heavy atom. The van der Waals surface area contributed by atoms with Crippen molar-refractivity contribution in [2.75, 3.05) is 4.72 Å². The molecule has 7 nitrogen and oxygen atoms in total. The normalized spacial score (nSPS) is 11.7. The zero-order valence-electron chi connectivity index (χ0n) is 16.0. The van der Waals surface area contributed by atoms with E-state index >= 15 is 0 Å². The maximum Gasteiger partial charge on any atom is 0.262 e. The summed E-state index contributed by atoms with van der Waals surface area (Å²) in [5, 5.41) is 13.1. The van der Waals surface area contributed by atoms with Gasteiger partial charge in [0.25, 0.3) is 10.0 Å². The number of nitrogens with zero attached hydrogens (tertiary/aromatic N) is 4. The van der Waals surface area contributed by atoms with Crippen molar-refractivity contribution < 1.29 is 8.42 Å². The Labute approximate surface area is 173 Å². The number of nitrogens with one attached hydrogen (secondary N) is 1. The van der Waals surface area contributed by atoms with Crippen molar-refractivity contribution in [3.8, 4) is 11.3 Å². The summed E-state index contributed by atoms with van der Waals surface area (Å²) in [5.74, 6) is 0.694. The van der Waals surface area contributed by atoms with Crippen molar-refractivity contribution in [2.45, 2.75) is 25.7 Å². The minimum Gasteiger partial charge on any atom is -0.280 e. The molecule has 0 spiro atoms. The first-order valence-electron chi connectivity index (χ1n) is 8.84. The molecule has 0 unspecified atom stereocenters. The highest BCUT2D eigenvalue weighted by molar-refractivity contribution is 7.92. The molecule has 0 bridgehead atoms. The van der Waals surface area contributed by atoms with Gasteiger partial charge in [-0.1, -0.05) is 23.7 Å². The maximum absolute atomic E-state index is 12.8. The van der Waals surface area contributed by atoms with Gasteiger partial charge in [-0.25, -0.2) is 8.42 Å². The third kappa shape index (κ3) is 3.68. The van der Waals surface area contributed by atoms with E-state index in [0.29, 0.717) is 33.3 Å². The Balaban J connectivity index is 1.62. The summed E-state index contributed by atoms with van der Waals surface area (Å²) in [6, 6.07) is 14.0. The number of fused-ring (bicyclic) bond motifs is 1. The van der Waals surface area contributed by atoms with E-state index in [1.165, 1.54) is 0 Å². The summed E-state index contributed by atoms with van der Waals surface area (Å²) in [4.78, 5) is 0.207. The molecular weight excluding hydrogens is 410 g/mol. The minimum atomic E-state index is -3.73. The van der Waals surface area contributed by atoms with Crippen LogP contribution in [0.5, 0.6) is 0 Å². The van der Waals surface area contributed by atoms with Gasteiger partial charge in [-0.05, 0) is 68.3 Å². The standard InChI is InChI=1S/C20H18ClN5O2S/c1-12-11-19(13(2)10-17(12)21)29(27,28)25-16-6-4-15(5-7-16)18-8-9-20-23-22-14(3)26(20)24-18/h4-11,25H,1-3H3. The third-order valence-electron chi connectivity index (χ3n) is 4.60. The molecule has 0 amide bonds. The first kappa shape index (κ1) is 19.4. The monoisotopic (exact) mass is 427 g/mol. The molecule has 29 heavy (non-hydrogen) atoms. The van der Waals surface area contributed by atoms with Crippen molar-refractivity contribution >= 4 is 33.0 Å². The fourth-order valence-corrected chi connectivity index (χ4v) is 4.60. The molecule has 4 aromatic rings. The van der Waals surface area contributed by atoms with Crippen LogP contribution in [0.4, 0.5) is 5.69 Å². The quantitative estimate of drug-likeness (QED) is 0.528. The molecule has 0 radical (unpaired) electrons. The number of aromatic nitrogens is 4. The second-order valence-corrected chi connectivity index (χ2v) is 8.84. The van der Waals surface area contributed by atoms with Gasteiger partial charge >= 0.3 is 0 Å². The largest absolute Gasteiger partial charge is 0.280 e. The highest BCUT2D eigenvalue weighted by atomic mass is 35.5. The van der Waals surface area contributed by atoms with Gasteiger partial charge in [-0.2, -0.15) is 9.61 Å². The zero-order valence-corrected chi connectivity index (χ0v) is 17.6. The maximum atomic E-state index is 12.8. The molecule has 0 atom stereocenters. The number of benzene rings is 2. The third-order valence-corrected chi connectivity index (χ3v) is 6.53. The van der Waals surface area contributed by atoms with Gasteiger partial charge in [0.1, 0.15) is 0 Å². The van der Waals surface area contributed by atoms with Crippen LogP contribution in [0.1, 0.15) is 17.0 Å². The van der Waals surface area contributed by atoms with Crippen molar-refractivity contribution in [2.24, 2.45) is 0 Å². The Kier molecular flexibility index (Phi) is 4.76. The van der Waals surface area contributed by atoms with Crippen LogP contribution in [0.3, 0.4) is 0 Å². The molecule has 1 N–H and O–H groups in total. The van der Waals surface area contributed by atoms with Crippen molar-refractivity contribution in [3.63, 3.8) is 0 Å². The van der Waals surface area contributed by atoms with Crippen molar-refractivity contribution in [1.29, 1.82) is 0 Å². The number of rotatable bonds is 4. The van der Waals surface area contributed by atoms with Gasteiger partial charge < -0.3 is 0 Å². The smallest absolute Gasteiger partial charge is 0.262 e. The minimum absolute atomic E-state index is 0.207. The Hall–Kier alpha value is -2.97. The molecule has 0 fully saturated rings. The van der Waals surface area contributed by atoms with Gasteiger partial charge in [0.15, 0.2) is 11.5 Å². The van der Waals surface area contributed by atoms with Gasteiger partial charge in [0, 0.05) is 16.3 Å². The molecule has 0 saturated carbocycles. The lowest BCUT2D eigenvalue weighted by Crippen LogP contribution is -2.14. The second-order valence-electron chi connectivity index (χ2n) is 6.79. The van der Waals surface area contributed by atoms with Gasteiger partial charge in [0.2, 0.25) is 0 Å². The van der Waals surface area contributed by atoms with E-state index in [9.17, 15) is 8.42 Å². The lowest BCUT2D eigenvalue weighted by Gasteiger charge is -2.12. The van der Waals surface area contributed by atoms with Gasteiger partial charge in [-0.15, -0.1) is 10.2 Å². The number of hydrogen-bond donors (Lipinski definition) is 1. The van der Waals surface area contributed by atoms with Crippen LogP contribution in [0.15, 0.2) is 53.4 Å². The highest BCUT2D eigenvalue weighted by Gasteiger charge is 2.18. The Morgan fingerprint density at radius 2 is 1.66 bits per heavy atom. The zero-order chi connectivity index (χ0) is 20.8. The van der Waals surface area contributed by atoms with Crippen molar-refractivity contribution in [1.82, 2.24) is 19.8 Å². The summed E-state index contributed by atoms with van der Waals surface area (Å²) in [6.07, 6.45) is 0. The summed E-state index contributed by atoms with van der Waals surface area (Å²) in [6.45, 7) is 5.32. The second kappa shape index (κ2) is 7.13. The lowest BCUT2D eigenvalue weighted by atomic mass is 10.1. The van der Waals surface area contributed by atoms with E-state index in [1.807, 2.05) is 31.2 Å². The lowest BCUT2D eigenvalue weighted by molar-refractivity contribution is 0.600. The number of halogens is 1. The molecule has 0 aliphatic heterocycles. The van der Waals surface area contributed by atoms with Crippen LogP contribution in [-0.4, -0.2) is 28.2 Å². The molecule has 2 heterocycles. The molecule has 2 aromatic heterocycles. The molecule has 9 heteroatoms. The van der Waals surface area contributed by atoms with Crippen LogP contribution in [-0.2, 0) is 10.0 Å². The van der Waals surface area contributed by atoms with E-state index in [0.717, 1.165) is 11.3 Å². The molecule has 0 aliphatic carbocycles. The summed E-state index contributed by atoms with van der Waals surface area (Å²) in [5.41, 5.74) is 4.01. The fourth-order valence-electron chi connectivity index (χ4n) is 3.01. The highest BCUT2D eigenvalue weighted by Crippen LogP contribution is 2.26. The molecule has 148 valence electrons. The van der Waals surface area contributed by atoms with E-state index in [2.05, 4.69) is 20.0 Å². The average molecular weight is 428 g/mol. The van der Waals surface area contributed by atoms with E-state index in [1.54, 1.807) is 42.6 Å². The van der Waals surface area contributed by atoms with E-state index in [-0.39, 0.29) is 4.90 Å². The fraction of sp³-hybridized carbons (Fsp3) is 0.150. The van der Waals surface area contributed by atoms with Gasteiger partial charge in [0.05, 0.1) is 10.6 Å². The number of anilines is 1. The summed E-state index contributed by atoms with van der Waals surface area (Å²) >= 11 is 6.08. The average Bonchev–Trinajstić information content (AvgIpc) is 3.05. The first-order chi connectivity index (χ1) is 13.7. The van der Waals surface area contributed by atoms with Gasteiger partial charge in [-0.3, -0.25) is 4.72 Å². The number of sulfonamides is 1. The van der Waals surface area contributed by atoms with E-state index < -0.39 is 10.0 Å². The van der Waals surface area contributed by atoms with Crippen molar-refractivity contribution in [3.05, 3.63) is 70.5 Å². The van der Waals surface area contributed by atoms with Crippen LogP contribution >= 0.6 is 11.6 Å². The van der Waals surface area contributed by atoms with E-state index in [4.69, 9.17) is 11.6 Å². The molecule has 0 saturated heterocycles. The van der Waals surface area contributed by atoms with Crippen LogP contribution in [0, 0.1) is 20.8 Å². The molecular formula is C20H18ClN5O2S. The topological polar surface area (TPSA) is 89.2 Å². The predicted octanol–water partition coefficient (Wildman–Crippen LogP) is 4.17. The number of aryl methyl sites for hydroxylation is 3. The first-order valence-corrected chi connectivity index (χ1v) is 10.7. The Bertz CT molecular complexity index is 1330. The predicted molar refractivity (Wildman–Crippen MR) is 113 cm³/mol. The summed E-state index contributed by atoms with van der Waals surface area (Å²) in [7, 11) is -3.73. The molecule has 0 aliphatic rings. The van der Waals surface area contributed by atoms with Crippen LogP contribution in [0.2, 0.25) is 5.02 Å².